The van der Waals surface area contributed by atoms with Crippen LogP contribution in [0.1, 0.15) is 0 Å². The highest BCUT2D eigenvalue weighted by Gasteiger charge is 2.70. The zero-order valence-corrected chi connectivity index (χ0v) is 12.0. The summed E-state index contributed by atoms with van der Waals surface area (Å²) in [4.78, 5) is 0. The Balaban J connectivity index is 5.42. The van der Waals surface area contributed by atoms with Gasteiger partial charge >= 0.3 is 24.7 Å². The van der Waals surface area contributed by atoms with Crippen LogP contribution in [0, 0.1) is 11.8 Å². The fourth-order valence-corrected chi connectivity index (χ4v) is 1.82. The lowest BCUT2D eigenvalue weighted by atomic mass is 9.99. The average molecular weight is 446 g/mol. The maximum atomic E-state index is 13.1. The lowest BCUT2D eigenvalue weighted by Crippen LogP contribution is -2.53. The molecular formula is C10H6F16O. The van der Waals surface area contributed by atoms with Crippen LogP contribution < -0.4 is 0 Å². The van der Waals surface area contributed by atoms with Crippen molar-refractivity contribution < 1.29 is 75.0 Å². The maximum absolute atomic E-state index is 13.1. The summed E-state index contributed by atoms with van der Waals surface area (Å²) in [5.74, 6) is -22.9. The van der Waals surface area contributed by atoms with Gasteiger partial charge < -0.3 is 4.74 Å². The Morgan fingerprint density at radius 1 is 0.407 bits per heavy atom. The number of halogens is 16. The molecule has 0 bridgehead atoms. The SMILES string of the molecule is FC(F)(F)C(C(F)(F)F)C(F)(F)COCC(F)(F)C(C(F)(F)F)C(F)(F)F. The van der Waals surface area contributed by atoms with E-state index in [9.17, 15) is 70.2 Å². The Kier molecular flexibility index (Phi) is 7.03. The molecule has 0 aromatic carbocycles. The first-order valence-electron chi connectivity index (χ1n) is 6.04. The van der Waals surface area contributed by atoms with Gasteiger partial charge in [0.05, 0.1) is 0 Å². The van der Waals surface area contributed by atoms with Crippen molar-refractivity contribution in [3.8, 4) is 0 Å². The first-order chi connectivity index (χ1) is 11.4. The van der Waals surface area contributed by atoms with Gasteiger partial charge in [0.1, 0.15) is 13.2 Å². The van der Waals surface area contributed by atoms with Crippen molar-refractivity contribution in [2.75, 3.05) is 13.2 Å². The summed E-state index contributed by atoms with van der Waals surface area (Å²) in [5.41, 5.74) is 0. The van der Waals surface area contributed by atoms with Gasteiger partial charge in [-0.3, -0.25) is 0 Å². The topological polar surface area (TPSA) is 9.23 Å². The second-order valence-electron chi connectivity index (χ2n) is 5.05. The summed E-state index contributed by atoms with van der Waals surface area (Å²) in [7, 11) is 0. The fourth-order valence-electron chi connectivity index (χ4n) is 1.82. The van der Waals surface area contributed by atoms with Crippen LogP contribution in [0.15, 0.2) is 0 Å². The smallest absolute Gasteiger partial charge is 0.369 e. The zero-order valence-electron chi connectivity index (χ0n) is 12.0. The molecule has 1 nitrogen and oxygen atoms in total. The number of alkyl halides is 16. The summed E-state index contributed by atoms with van der Waals surface area (Å²) in [6, 6.07) is 0. The first kappa shape index (κ1) is 25.8. The summed E-state index contributed by atoms with van der Waals surface area (Å²) < 4.78 is 201. The summed E-state index contributed by atoms with van der Waals surface area (Å²) in [6.45, 7) is -6.34. The van der Waals surface area contributed by atoms with E-state index in [1.54, 1.807) is 0 Å². The van der Waals surface area contributed by atoms with Crippen LogP contribution in [0.4, 0.5) is 70.2 Å². The minimum Gasteiger partial charge on any atom is -0.369 e. The van der Waals surface area contributed by atoms with Gasteiger partial charge in [0, 0.05) is 0 Å². The van der Waals surface area contributed by atoms with Crippen LogP contribution >= 0.6 is 0 Å². The Morgan fingerprint density at radius 2 is 0.593 bits per heavy atom. The third kappa shape index (κ3) is 7.06. The van der Waals surface area contributed by atoms with Gasteiger partial charge in [0.2, 0.25) is 11.8 Å². The molecule has 0 unspecified atom stereocenters. The molecule has 0 fully saturated rings. The van der Waals surface area contributed by atoms with Gasteiger partial charge in [0.15, 0.2) is 0 Å². The average Bonchev–Trinajstić information content (AvgIpc) is 2.15. The molecule has 0 saturated carbocycles. The molecule has 0 aliphatic heterocycles. The molecule has 0 spiro atoms. The Labute approximate surface area is 138 Å². The molecule has 0 rings (SSSR count). The molecule has 0 atom stereocenters. The van der Waals surface area contributed by atoms with Gasteiger partial charge in [-0.15, -0.1) is 0 Å². The molecule has 0 aromatic heterocycles. The lowest BCUT2D eigenvalue weighted by molar-refractivity contribution is -0.354. The number of rotatable bonds is 6. The number of hydrogen-bond donors (Lipinski definition) is 0. The van der Waals surface area contributed by atoms with Crippen molar-refractivity contribution in [2.24, 2.45) is 11.8 Å². The zero-order chi connectivity index (χ0) is 22.3. The van der Waals surface area contributed by atoms with Crippen LogP contribution in [0.2, 0.25) is 0 Å². The van der Waals surface area contributed by atoms with Gasteiger partial charge in [-0.25, -0.2) is 17.6 Å². The Bertz CT molecular complexity index is 407. The van der Waals surface area contributed by atoms with Crippen molar-refractivity contribution in [1.82, 2.24) is 0 Å². The normalized spacial score (nSPS) is 15.8. The predicted molar refractivity (Wildman–Crippen MR) is 51.9 cm³/mol. The highest BCUT2D eigenvalue weighted by molar-refractivity contribution is 4.90. The molecular weight excluding hydrogens is 440 g/mol. The van der Waals surface area contributed by atoms with E-state index in [1.807, 2.05) is 0 Å². The van der Waals surface area contributed by atoms with E-state index in [-0.39, 0.29) is 0 Å². The molecule has 0 aliphatic rings. The van der Waals surface area contributed by atoms with Crippen LogP contribution in [0.3, 0.4) is 0 Å². The Morgan fingerprint density at radius 3 is 0.741 bits per heavy atom. The molecule has 0 amide bonds. The standard InChI is InChI=1S/C10H6F16O/c11-5(12,3(7(15,16)17)8(18,19)20)1-27-2-6(13,14)4(9(21,22)23)10(24,25)26/h3-4H,1-2H2. The number of hydrogen-bond acceptors (Lipinski definition) is 1. The fraction of sp³-hybridized carbons (Fsp3) is 1.00. The molecule has 164 valence electrons. The second-order valence-corrected chi connectivity index (χ2v) is 5.05. The Hall–Kier alpha value is -1.16. The molecule has 0 aromatic rings. The van der Waals surface area contributed by atoms with Crippen LogP contribution in [-0.2, 0) is 4.74 Å². The van der Waals surface area contributed by atoms with Crippen LogP contribution in [0.5, 0.6) is 0 Å². The molecule has 0 heterocycles. The molecule has 0 radical (unpaired) electrons. The van der Waals surface area contributed by atoms with E-state index in [0.29, 0.717) is 0 Å². The van der Waals surface area contributed by atoms with Crippen molar-refractivity contribution >= 4 is 0 Å². The lowest BCUT2D eigenvalue weighted by Gasteiger charge is -2.32. The maximum Gasteiger partial charge on any atom is 0.406 e. The third-order valence-corrected chi connectivity index (χ3v) is 2.74. The van der Waals surface area contributed by atoms with Crippen molar-refractivity contribution in [3.63, 3.8) is 0 Å². The largest absolute Gasteiger partial charge is 0.406 e. The number of ether oxygens (including phenoxy) is 1. The molecule has 0 saturated heterocycles. The van der Waals surface area contributed by atoms with E-state index in [4.69, 9.17) is 0 Å². The van der Waals surface area contributed by atoms with Gasteiger partial charge in [0.25, 0.3) is 11.8 Å². The van der Waals surface area contributed by atoms with Crippen molar-refractivity contribution in [1.29, 1.82) is 0 Å². The van der Waals surface area contributed by atoms with Gasteiger partial charge in [-0.2, -0.15) is 52.7 Å². The molecule has 0 N–H and O–H groups in total. The van der Waals surface area contributed by atoms with Crippen LogP contribution in [0.25, 0.3) is 0 Å². The highest BCUT2D eigenvalue weighted by Crippen LogP contribution is 2.50. The minimum atomic E-state index is -6.67. The highest BCUT2D eigenvalue weighted by atomic mass is 19.4. The monoisotopic (exact) mass is 446 g/mol. The van der Waals surface area contributed by atoms with E-state index in [1.165, 1.54) is 0 Å². The minimum absolute atomic E-state index is 3.01. The summed E-state index contributed by atoms with van der Waals surface area (Å²) in [5, 5.41) is 0. The third-order valence-electron chi connectivity index (χ3n) is 2.74. The first-order valence-corrected chi connectivity index (χ1v) is 6.04. The van der Waals surface area contributed by atoms with Crippen molar-refractivity contribution in [3.05, 3.63) is 0 Å². The van der Waals surface area contributed by atoms with E-state index < -0.39 is 61.6 Å². The molecule has 27 heavy (non-hydrogen) atoms. The second kappa shape index (κ2) is 7.35. The van der Waals surface area contributed by atoms with E-state index in [2.05, 4.69) is 4.74 Å². The van der Waals surface area contributed by atoms with E-state index in [0.717, 1.165) is 0 Å². The molecule has 17 heteroatoms. The summed E-state index contributed by atoms with van der Waals surface area (Å²) in [6.07, 6.45) is -26.7. The predicted octanol–water partition coefficient (Wildman–Crippen LogP) is 5.76. The quantitative estimate of drug-likeness (QED) is 0.472. The summed E-state index contributed by atoms with van der Waals surface area (Å²) >= 11 is 0. The van der Waals surface area contributed by atoms with Gasteiger partial charge in [-0.1, -0.05) is 0 Å². The van der Waals surface area contributed by atoms with Crippen LogP contribution in [-0.4, -0.2) is 49.8 Å². The van der Waals surface area contributed by atoms with E-state index >= 15 is 0 Å². The molecule has 0 aliphatic carbocycles. The van der Waals surface area contributed by atoms with Gasteiger partial charge in [-0.05, 0) is 0 Å². The van der Waals surface area contributed by atoms with Crippen molar-refractivity contribution in [2.45, 2.75) is 36.6 Å².